The van der Waals surface area contributed by atoms with E-state index >= 15 is 0 Å². The van der Waals surface area contributed by atoms with Crippen LogP contribution in [0, 0.1) is 52.2 Å². The van der Waals surface area contributed by atoms with Crippen LogP contribution in [0.2, 0.25) is 0 Å². The minimum absolute atomic E-state index is 0.106. The molecule has 0 unspecified atom stereocenters. The first-order valence-electron chi connectivity index (χ1n) is 14.8. The van der Waals surface area contributed by atoms with Crippen LogP contribution in [0.3, 0.4) is 0 Å². The first-order chi connectivity index (χ1) is 17.6. The number of halogens is 1. The number of hydrogen-bond acceptors (Lipinski definition) is 4. The molecule has 1 heterocycles. The van der Waals surface area contributed by atoms with Gasteiger partial charge in [0.05, 0.1) is 30.3 Å². The SMILES string of the molecule is C[C@H](CCC(=O)N1CNc2cc(F)ccc21)[C@H]1CC[C@H]2[C@@H]3[C@H](O)C[C@@H]4C[C@H](O)CC[C@]4(C)[C@H]3CC[C@]12C. The van der Waals surface area contributed by atoms with E-state index in [0.717, 1.165) is 37.8 Å². The summed E-state index contributed by atoms with van der Waals surface area (Å²) < 4.78 is 13.6. The third-order valence-electron chi connectivity index (χ3n) is 12.2. The van der Waals surface area contributed by atoms with Crippen LogP contribution in [0.25, 0.3) is 0 Å². The molecule has 1 aliphatic heterocycles. The first kappa shape index (κ1) is 25.6. The van der Waals surface area contributed by atoms with E-state index in [1.807, 2.05) is 0 Å². The minimum atomic E-state index is -0.290. The van der Waals surface area contributed by atoms with Gasteiger partial charge in [-0.25, -0.2) is 4.39 Å². The standard InChI is InChI=1S/C31H45FN2O3/c1-18(4-9-28(37)34-17-33-25-16-20(32)5-8-26(25)34)22-6-7-23-29-24(11-13-31(22,23)3)30(2)12-10-21(35)14-19(30)15-27(29)36/h5,8,16,18-19,21-24,27,29,33,35-36H,4,6-7,9-15,17H2,1-3H3/t18-,19+,21-,22-,23+,24+,27-,29+,30+,31-/m1/s1. The van der Waals surface area contributed by atoms with Crippen LogP contribution < -0.4 is 10.2 Å². The summed E-state index contributed by atoms with van der Waals surface area (Å²) in [6, 6.07) is 4.57. The van der Waals surface area contributed by atoms with Gasteiger partial charge < -0.3 is 15.5 Å². The maximum atomic E-state index is 13.6. The third kappa shape index (κ3) is 4.04. The van der Waals surface area contributed by atoms with Crippen LogP contribution in [0.1, 0.15) is 85.0 Å². The number of anilines is 2. The molecular formula is C31H45FN2O3. The lowest BCUT2D eigenvalue weighted by atomic mass is 9.43. The molecule has 0 bridgehead atoms. The number of fused-ring (bicyclic) bond motifs is 6. The Morgan fingerprint density at radius 1 is 1.11 bits per heavy atom. The van der Waals surface area contributed by atoms with Crippen molar-refractivity contribution >= 4 is 17.3 Å². The van der Waals surface area contributed by atoms with Crippen LogP contribution in [0.15, 0.2) is 18.2 Å². The average molecular weight is 513 g/mol. The summed E-state index contributed by atoms with van der Waals surface area (Å²) in [7, 11) is 0. The second-order valence-electron chi connectivity index (χ2n) is 13.8. The maximum absolute atomic E-state index is 13.6. The van der Waals surface area contributed by atoms with Gasteiger partial charge in [0.2, 0.25) is 5.91 Å². The van der Waals surface area contributed by atoms with Gasteiger partial charge in [-0.1, -0.05) is 20.8 Å². The number of benzene rings is 1. The Kier molecular flexibility index (Phi) is 6.38. The molecule has 6 rings (SSSR count). The Balaban J connectivity index is 1.13. The Bertz CT molecular complexity index is 1050. The molecule has 204 valence electrons. The van der Waals surface area contributed by atoms with Crippen molar-refractivity contribution in [3.05, 3.63) is 24.0 Å². The Morgan fingerprint density at radius 3 is 2.68 bits per heavy atom. The number of carbonyl (C=O) groups is 1. The summed E-state index contributed by atoms with van der Waals surface area (Å²) >= 11 is 0. The molecule has 5 aliphatic rings. The Morgan fingerprint density at radius 2 is 1.86 bits per heavy atom. The number of nitrogens with zero attached hydrogens (tertiary/aromatic N) is 1. The van der Waals surface area contributed by atoms with E-state index in [9.17, 15) is 19.4 Å². The molecule has 5 nitrogen and oxygen atoms in total. The van der Waals surface area contributed by atoms with Gasteiger partial charge >= 0.3 is 0 Å². The molecule has 6 heteroatoms. The van der Waals surface area contributed by atoms with E-state index in [1.54, 1.807) is 11.0 Å². The van der Waals surface area contributed by atoms with E-state index in [-0.39, 0.29) is 34.8 Å². The van der Waals surface area contributed by atoms with Gasteiger partial charge in [-0.2, -0.15) is 0 Å². The molecule has 0 spiro atoms. The lowest BCUT2D eigenvalue weighted by molar-refractivity contribution is -0.174. The highest BCUT2D eigenvalue weighted by molar-refractivity contribution is 5.99. The zero-order valence-corrected chi connectivity index (χ0v) is 22.8. The largest absolute Gasteiger partial charge is 0.393 e. The fourth-order valence-corrected chi connectivity index (χ4v) is 10.2. The topological polar surface area (TPSA) is 72.8 Å². The van der Waals surface area contributed by atoms with Crippen molar-refractivity contribution in [2.75, 3.05) is 16.9 Å². The normalized spacial score (nSPS) is 43.3. The van der Waals surface area contributed by atoms with E-state index in [4.69, 9.17) is 0 Å². The van der Waals surface area contributed by atoms with Gasteiger partial charge in [0, 0.05) is 6.42 Å². The zero-order chi connectivity index (χ0) is 26.1. The van der Waals surface area contributed by atoms with Crippen LogP contribution in [0.4, 0.5) is 15.8 Å². The number of aliphatic hydroxyl groups excluding tert-OH is 2. The van der Waals surface area contributed by atoms with E-state index < -0.39 is 0 Å². The summed E-state index contributed by atoms with van der Waals surface area (Å²) in [5.41, 5.74) is 1.95. The van der Waals surface area contributed by atoms with Gasteiger partial charge in [-0.3, -0.25) is 9.69 Å². The van der Waals surface area contributed by atoms with Gasteiger partial charge in [-0.15, -0.1) is 0 Å². The lowest BCUT2D eigenvalue weighted by Crippen LogP contribution is -2.58. The third-order valence-corrected chi connectivity index (χ3v) is 12.2. The van der Waals surface area contributed by atoms with Crippen LogP contribution in [-0.4, -0.2) is 35.0 Å². The van der Waals surface area contributed by atoms with E-state index in [0.29, 0.717) is 54.3 Å². The van der Waals surface area contributed by atoms with Crippen molar-refractivity contribution in [3.8, 4) is 0 Å². The predicted molar refractivity (Wildman–Crippen MR) is 143 cm³/mol. The fourth-order valence-electron chi connectivity index (χ4n) is 10.2. The Hall–Kier alpha value is -1.66. The number of rotatable bonds is 4. The summed E-state index contributed by atoms with van der Waals surface area (Å²) in [5, 5.41) is 24.9. The lowest BCUT2D eigenvalue weighted by Gasteiger charge is -2.62. The highest BCUT2D eigenvalue weighted by atomic mass is 19.1. The molecule has 4 fully saturated rings. The van der Waals surface area contributed by atoms with Crippen molar-refractivity contribution in [1.82, 2.24) is 0 Å². The molecule has 3 N–H and O–H groups in total. The number of amides is 1. The number of aliphatic hydroxyl groups is 2. The van der Waals surface area contributed by atoms with Gasteiger partial charge in [0.25, 0.3) is 0 Å². The zero-order valence-electron chi connectivity index (χ0n) is 22.8. The van der Waals surface area contributed by atoms with Crippen molar-refractivity contribution in [3.63, 3.8) is 0 Å². The van der Waals surface area contributed by atoms with Gasteiger partial charge in [0.1, 0.15) is 5.82 Å². The van der Waals surface area contributed by atoms with Gasteiger partial charge in [-0.05, 0) is 122 Å². The fraction of sp³-hybridized carbons (Fsp3) is 0.774. The monoisotopic (exact) mass is 512 g/mol. The summed E-state index contributed by atoms with van der Waals surface area (Å²) in [6.45, 7) is 7.70. The Labute approximate surface area is 221 Å². The first-order valence-corrected chi connectivity index (χ1v) is 14.8. The quantitative estimate of drug-likeness (QED) is 0.466. The molecule has 0 saturated heterocycles. The molecule has 1 aromatic rings. The second kappa shape index (κ2) is 9.22. The molecular weight excluding hydrogens is 467 g/mol. The molecule has 10 atom stereocenters. The highest BCUT2D eigenvalue weighted by Crippen LogP contribution is 2.68. The van der Waals surface area contributed by atoms with Gasteiger partial charge in [0.15, 0.2) is 0 Å². The number of carbonyl (C=O) groups excluding carboxylic acids is 1. The minimum Gasteiger partial charge on any atom is -0.393 e. The molecule has 4 aliphatic carbocycles. The highest BCUT2D eigenvalue weighted by Gasteiger charge is 2.62. The number of nitrogens with one attached hydrogen (secondary N) is 1. The van der Waals surface area contributed by atoms with Crippen molar-refractivity contribution < 1.29 is 19.4 Å². The maximum Gasteiger partial charge on any atom is 0.228 e. The molecule has 0 radical (unpaired) electrons. The molecule has 1 aromatic carbocycles. The number of hydrogen-bond donors (Lipinski definition) is 3. The molecule has 0 aromatic heterocycles. The van der Waals surface area contributed by atoms with Crippen molar-refractivity contribution in [1.29, 1.82) is 0 Å². The molecule has 4 saturated carbocycles. The van der Waals surface area contributed by atoms with Crippen LogP contribution >= 0.6 is 0 Å². The van der Waals surface area contributed by atoms with Crippen molar-refractivity contribution in [2.45, 2.75) is 97.2 Å². The smallest absolute Gasteiger partial charge is 0.228 e. The summed E-state index contributed by atoms with van der Waals surface area (Å²) in [4.78, 5) is 14.9. The summed E-state index contributed by atoms with van der Waals surface area (Å²) in [5.74, 6) is 2.79. The van der Waals surface area contributed by atoms with Crippen LogP contribution in [-0.2, 0) is 4.79 Å². The van der Waals surface area contributed by atoms with Crippen molar-refractivity contribution in [2.24, 2.45) is 46.3 Å². The predicted octanol–water partition coefficient (Wildman–Crippen LogP) is 5.95. The van der Waals surface area contributed by atoms with E-state index in [1.165, 1.54) is 37.8 Å². The molecule has 1 amide bonds. The van der Waals surface area contributed by atoms with E-state index in [2.05, 4.69) is 26.1 Å². The average Bonchev–Trinajstić information content (AvgIpc) is 3.44. The summed E-state index contributed by atoms with van der Waals surface area (Å²) in [6.07, 6.45) is 9.44. The molecule has 37 heavy (non-hydrogen) atoms. The van der Waals surface area contributed by atoms with Crippen LogP contribution in [0.5, 0.6) is 0 Å². The second-order valence-corrected chi connectivity index (χ2v) is 13.8.